The molecule has 0 atom stereocenters. The van der Waals surface area contributed by atoms with Crippen LogP contribution in [0.3, 0.4) is 0 Å². The second-order valence-corrected chi connectivity index (χ2v) is 11.5. The molecule has 180 valence electrons. The first-order valence-corrected chi connectivity index (χ1v) is 12.8. The normalized spacial score (nSPS) is 15.9. The Balaban J connectivity index is 1.69. The van der Waals surface area contributed by atoms with Gasteiger partial charge in [-0.15, -0.1) is 0 Å². The van der Waals surface area contributed by atoms with E-state index >= 15 is 0 Å². The summed E-state index contributed by atoms with van der Waals surface area (Å²) in [4.78, 5) is 21.8. The number of hydrogen-bond donors (Lipinski definition) is 1. The van der Waals surface area contributed by atoms with Gasteiger partial charge in [0.15, 0.2) is 9.84 Å². The van der Waals surface area contributed by atoms with Crippen molar-refractivity contribution >= 4 is 27.0 Å². The van der Waals surface area contributed by atoms with Crippen molar-refractivity contribution in [2.45, 2.75) is 51.0 Å². The molecule has 1 aromatic heterocycles. The van der Waals surface area contributed by atoms with Crippen LogP contribution in [-0.2, 0) is 9.84 Å². The number of piperidine rings is 1. The van der Waals surface area contributed by atoms with E-state index in [-0.39, 0.29) is 33.8 Å². The van der Waals surface area contributed by atoms with Crippen molar-refractivity contribution < 1.29 is 18.1 Å². The molecule has 1 N–H and O–H groups in total. The Kier molecular flexibility index (Phi) is 7.53. The van der Waals surface area contributed by atoms with Crippen molar-refractivity contribution in [2.24, 2.45) is 5.41 Å². The van der Waals surface area contributed by atoms with Gasteiger partial charge in [-0.3, -0.25) is 10.1 Å². The zero-order valence-corrected chi connectivity index (χ0v) is 20.3. The number of rotatable bonds is 8. The van der Waals surface area contributed by atoms with Gasteiger partial charge in [-0.25, -0.2) is 13.4 Å². The summed E-state index contributed by atoms with van der Waals surface area (Å²) in [5.74, 6) is -0.0851. The quantitative estimate of drug-likeness (QED) is 0.446. The fourth-order valence-corrected chi connectivity index (χ4v) is 4.16. The number of likely N-dealkylation sites (tertiary alicyclic amines) is 1. The maximum atomic E-state index is 11.8. The van der Waals surface area contributed by atoms with E-state index in [0.717, 1.165) is 45.2 Å². The Labute approximate surface area is 194 Å². The van der Waals surface area contributed by atoms with Crippen LogP contribution in [0.25, 0.3) is 0 Å². The number of nitro groups is 1. The first-order valence-electron chi connectivity index (χ1n) is 10.9. The predicted molar refractivity (Wildman–Crippen MR) is 126 cm³/mol. The summed E-state index contributed by atoms with van der Waals surface area (Å²) in [7, 11) is -3.34. The molecule has 3 rings (SSSR count). The fourth-order valence-electron chi connectivity index (χ4n) is 3.53. The minimum atomic E-state index is -3.34. The molecule has 0 radical (unpaired) electrons. The maximum absolute atomic E-state index is 11.8. The molecule has 0 aliphatic carbocycles. The van der Waals surface area contributed by atoms with Crippen LogP contribution in [0.5, 0.6) is 5.88 Å². The Morgan fingerprint density at radius 3 is 2.36 bits per heavy atom. The van der Waals surface area contributed by atoms with E-state index in [1.165, 1.54) is 30.6 Å². The van der Waals surface area contributed by atoms with E-state index in [4.69, 9.17) is 4.74 Å². The standard InChI is InChI=1S/C22H31N5O5S/c1-22(2,3)11-14-26-12-9-17(10-13-26)32-21-19(27(28)29)20(23-15-24-21)25-16-5-7-18(8-6-16)33(4,30)31/h5-8,15,17H,9-14H2,1-4H3,(H,23,24,25). The van der Waals surface area contributed by atoms with Crippen LogP contribution < -0.4 is 10.1 Å². The van der Waals surface area contributed by atoms with Gasteiger partial charge in [-0.1, -0.05) is 20.8 Å². The third-order valence-electron chi connectivity index (χ3n) is 5.51. The molecule has 1 aromatic carbocycles. The third-order valence-corrected chi connectivity index (χ3v) is 6.64. The molecule has 1 aliphatic rings. The van der Waals surface area contributed by atoms with Gasteiger partial charge in [0.25, 0.3) is 5.88 Å². The first kappa shape index (κ1) is 24.8. The highest BCUT2D eigenvalue weighted by Crippen LogP contribution is 2.34. The van der Waals surface area contributed by atoms with Crippen molar-refractivity contribution in [3.05, 3.63) is 40.7 Å². The first-order chi connectivity index (χ1) is 15.4. The van der Waals surface area contributed by atoms with Crippen LogP contribution in [0.1, 0.15) is 40.0 Å². The molecular formula is C22H31N5O5S. The van der Waals surface area contributed by atoms with Gasteiger partial charge in [-0.05, 0) is 55.5 Å². The number of ether oxygens (including phenoxy) is 1. The fraction of sp³-hybridized carbons (Fsp3) is 0.545. The van der Waals surface area contributed by atoms with Crippen LogP contribution in [0.2, 0.25) is 0 Å². The van der Waals surface area contributed by atoms with Crippen LogP contribution >= 0.6 is 0 Å². The Bertz CT molecular complexity index is 1080. The Morgan fingerprint density at radius 2 is 1.82 bits per heavy atom. The van der Waals surface area contributed by atoms with E-state index in [1.54, 1.807) is 0 Å². The Morgan fingerprint density at radius 1 is 1.18 bits per heavy atom. The lowest BCUT2D eigenvalue weighted by atomic mass is 9.91. The second-order valence-electron chi connectivity index (χ2n) is 9.52. The van der Waals surface area contributed by atoms with Crippen LogP contribution in [0.4, 0.5) is 17.2 Å². The molecule has 2 aromatic rings. The van der Waals surface area contributed by atoms with Crippen molar-refractivity contribution in [1.29, 1.82) is 0 Å². The van der Waals surface area contributed by atoms with Crippen LogP contribution in [-0.4, -0.2) is 60.2 Å². The van der Waals surface area contributed by atoms with E-state index in [0.29, 0.717) is 5.69 Å². The predicted octanol–water partition coefficient (Wildman–Crippen LogP) is 3.81. The van der Waals surface area contributed by atoms with Gasteiger partial charge in [0.1, 0.15) is 12.4 Å². The summed E-state index contributed by atoms with van der Waals surface area (Å²) >= 11 is 0. The van der Waals surface area contributed by atoms with E-state index in [2.05, 4.69) is 41.0 Å². The van der Waals surface area contributed by atoms with E-state index in [9.17, 15) is 18.5 Å². The highest BCUT2D eigenvalue weighted by Gasteiger charge is 2.29. The summed E-state index contributed by atoms with van der Waals surface area (Å²) in [5.41, 5.74) is 0.394. The number of nitrogens with zero attached hydrogens (tertiary/aromatic N) is 4. The second kappa shape index (κ2) is 10.0. The monoisotopic (exact) mass is 477 g/mol. The summed E-state index contributed by atoms with van der Waals surface area (Å²) < 4.78 is 29.2. The van der Waals surface area contributed by atoms with Crippen molar-refractivity contribution in [3.63, 3.8) is 0 Å². The molecular weight excluding hydrogens is 446 g/mol. The number of nitrogens with one attached hydrogen (secondary N) is 1. The minimum Gasteiger partial charge on any atom is -0.469 e. The minimum absolute atomic E-state index is 0.0141. The largest absolute Gasteiger partial charge is 0.469 e. The van der Waals surface area contributed by atoms with Crippen molar-refractivity contribution in [1.82, 2.24) is 14.9 Å². The van der Waals surface area contributed by atoms with E-state index < -0.39 is 14.8 Å². The summed E-state index contributed by atoms with van der Waals surface area (Å²) in [6.45, 7) is 9.44. The van der Waals surface area contributed by atoms with Crippen LogP contribution in [0.15, 0.2) is 35.5 Å². The molecule has 11 heteroatoms. The molecule has 0 amide bonds. The SMILES string of the molecule is CC(C)(C)CCN1CCC(Oc2ncnc(Nc3ccc(S(C)(=O)=O)cc3)c2[N+](=O)[O-])CC1. The van der Waals surface area contributed by atoms with Gasteiger partial charge >= 0.3 is 5.69 Å². The molecule has 0 saturated carbocycles. The average Bonchev–Trinajstić information content (AvgIpc) is 2.72. The van der Waals surface area contributed by atoms with Gasteiger partial charge in [0.05, 0.1) is 9.82 Å². The highest BCUT2D eigenvalue weighted by molar-refractivity contribution is 7.90. The highest BCUT2D eigenvalue weighted by atomic mass is 32.2. The molecule has 1 fully saturated rings. The lowest BCUT2D eigenvalue weighted by Crippen LogP contribution is -2.39. The molecule has 2 heterocycles. The molecule has 33 heavy (non-hydrogen) atoms. The van der Waals surface area contributed by atoms with E-state index in [1.807, 2.05) is 0 Å². The van der Waals surface area contributed by atoms with Gasteiger partial charge in [-0.2, -0.15) is 4.98 Å². The molecule has 0 spiro atoms. The van der Waals surface area contributed by atoms with Gasteiger partial charge in [0, 0.05) is 25.0 Å². The number of benzene rings is 1. The van der Waals surface area contributed by atoms with Crippen molar-refractivity contribution in [2.75, 3.05) is 31.2 Å². The number of anilines is 2. The van der Waals surface area contributed by atoms with Gasteiger partial charge < -0.3 is 15.0 Å². The van der Waals surface area contributed by atoms with Crippen molar-refractivity contribution in [3.8, 4) is 5.88 Å². The number of aromatic nitrogens is 2. The Hall–Kier alpha value is -2.79. The zero-order valence-electron chi connectivity index (χ0n) is 19.4. The van der Waals surface area contributed by atoms with Crippen LogP contribution in [0, 0.1) is 15.5 Å². The summed E-state index contributed by atoms with van der Waals surface area (Å²) in [6.07, 6.45) is 4.81. The average molecular weight is 478 g/mol. The lowest BCUT2D eigenvalue weighted by Gasteiger charge is -2.33. The molecule has 0 bridgehead atoms. The molecule has 1 aliphatic heterocycles. The zero-order chi connectivity index (χ0) is 24.2. The number of hydrogen-bond acceptors (Lipinski definition) is 9. The number of sulfone groups is 1. The molecule has 0 unspecified atom stereocenters. The smallest absolute Gasteiger partial charge is 0.373 e. The third kappa shape index (κ3) is 7.10. The molecule has 10 nitrogen and oxygen atoms in total. The van der Waals surface area contributed by atoms with Gasteiger partial charge in [0.2, 0.25) is 5.82 Å². The summed E-state index contributed by atoms with van der Waals surface area (Å²) in [6, 6.07) is 5.90. The maximum Gasteiger partial charge on any atom is 0.373 e. The summed E-state index contributed by atoms with van der Waals surface area (Å²) in [5, 5.41) is 14.7. The molecule has 1 saturated heterocycles. The lowest BCUT2D eigenvalue weighted by molar-refractivity contribution is -0.385. The topological polar surface area (TPSA) is 128 Å².